The molecule has 1 aliphatic rings. The molecule has 1 heterocycles. The van der Waals surface area contributed by atoms with Gasteiger partial charge in [0.2, 0.25) is 0 Å². The van der Waals surface area contributed by atoms with Crippen LogP contribution in [0.5, 0.6) is 0 Å². The largest absolute Gasteiger partial charge is 0.445 e. The molecule has 4 heteroatoms. The number of carbonyl (C=O) groups excluding carboxylic acids is 1. The van der Waals surface area contributed by atoms with Crippen LogP contribution in [0.3, 0.4) is 0 Å². The van der Waals surface area contributed by atoms with Gasteiger partial charge >= 0.3 is 6.09 Å². The lowest BCUT2D eigenvalue weighted by atomic mass is 9.91. The van der Waals surface area contributed by atoms with Crippen LogP contribution in [-0.2, 0) is 11.3 Å². The van der Waals surface area contributed by atoms with Crippen molar-refractivity contribution in [3.63, 3.8) is 0 Å². The van der Waals surface area contributed by atoms with E-state index in [-0.39, 0.29) is 18.6 Å². The van der Waals surface area contributed by atoms with Gasteiger partial charge in [-0.3, -0.25) is 0 Å². The van der Waals surface area contributed by atoms with E-state index in [1.807, 2.05) is 36.4 Å². The second-order valence-corrected chi connectivity index (χ2v) is 5.13. The van der Waals surface area contributed by atoms with E-state index in [1.54, 1.807) is 4.90 Å². The molecule has 0 bridgehead atoms. The zero-order valence-electron chi connectivity index (χ0n) is 11.6. The Labute approximate surface area is 119 Å². The minimum atomic E-state index is -0.494. The first-order chi connectivity index (χ1) is 9.70. The highest BCUT2D eigenvalue weighted by molar-refractivity contribution is 5.67. The van der Waals surface area contributed by atoms with Gasteiger partial charge in [0.1, 0.15) is 6.61 Å². The lowest BCUT2D eigenvalue weighted by Gasteiger charge is -2.34. The first kappa shape index (κ1) is 14.6. The number of amides is 1. The van der Waals surface area contributed by atoms with Crippen molar-refractivity contribution in [1.82, 2.24) is 4.90 Å². The molecule has 0 radical (unpaired) electrons. The molecule has 1 aromatic carbocycles. The maximum atomic E-state index is 12.0. The van der Waals surface area contributed by atoms with Crippen molar-refractivity contribution >= 4 is 6.09 Å². The summed E-state index contributed by atoms with van der Waals surface area (Å²) in [5, 5.41) is 10.0. The van der Waals surface area contributed by atoms with Crippen LogP contribution in [0.25, 0.3) is 0 Å². The zero-order valence-corrected chi connectivity index (χ0v) is 11.6. The predicted octanol–water partition coefficient (Wildman–Crippen LogP) is 2.58. The number of likely N-dealkylation sites (tertiary alicyclic amines) is 1. The molecule has 108 valence electrons. The fourth-order valence-electron chi connectivity index (χ4n) is 2.45. The van der Waals surface area contributed by atoms with Crippen molar-refractivity contribution in [3.05, 3.63) is 48.6 Å². The number of aliphatic hydroxyl groups is 1. The van der Waals surface area contributed by atoms with Gasteiger partial charge in [0.05, 0.1) is 12.6 Å². The topological polar surface area (TPSA) is 49.8 Å². The normalized spacial score (nSPS) is 22.4. The Hall–Kier alpha value is -1.81. The Bertz CT molecular complexity index is 446. The molecule has 20 heavy (non-hydrogen) atoms. The van der Waals surface area contributed by atoms with Crippen LogP contribution in [0.2, 0.25) is 0 Å². The molecule has 1 N–H and O–H groups in total. The molecule has 0 aliphatic carbocycles. The number of rotatable bonds is 4. The lowest BCUT2D eigenvalue weighted by Crippen LogP contribution is -2.46. The molecule has 2 rings (SSSR count). The predicted molar refractivity (Wildman–Crippen MR) is 77.1 cm³/mol. The van der Waals surface area contributed by atoms with Gasteiger partial charge < -0.3 is 14.7 Å². The fraction of sp³-hybridized carbons (Fsp3) is 0.438. The van der Waals surface area contributed by atoms with E-state index in [4.69, 9.17) is 4.74 Å². The van der Waals surface area contributed by atoms with Crippen LogP contribution >= 0.6 is 0 Å². The van der Waals surface area contributed by atoms with E-state index in [0.29, 0.717) is 13.1 Å². The Morgan fingerprint density at radius 3 is 2.85 bits per heavy atom. The van der Waals surface area contributed by atoms with Gasteiger partial charge in [-0.2, -0.15) is 0 Å². The van der Waals surface area contributed by atoms with Gasteiger partial charge in [0, 0.05) is 6.54 Å². The molecule has 1 aliphatic heterocycles. The Balaban J connectivity index is 1.80. The fourth-order valence-corrected chi connectivity index (χ4v) is 2.45. The van der Waals surface area contributed by atoms with Gasteiger partial charge in [-0.05, 0) is 24.3 Å². The summed E-state index contributed by atoms with van der Waals surface area (Å²) in [6, 6.07) is 9.57. The second kappa shape index (κ2) is 7.10. The van der Waals surface area contributed by atoms with Crippen LogP contribution in [0.1, 0.15) is 18.4 Å². The lowest BCUT2D eigenvalue weighted by molar-refractivity contribution is 0.0146. The quantitative estimate of drug-likeness (QED) is 0.859. The monoisotopic (exact) mass is 275 g/mol. The van der Waals surface area contributed by atoms with Gasteiger partial charge in [0.15, 0.2) is 0 Å². The van der Waals surface area contributed by atoms with Gasteiger partial charge in [-0.15, -0.1) is 6.58 Å². The van der Waals surface area contributed by atoms with E-state index >= 15 is 0 Å². The third kappa shape index (κ3) is 3.84. The van der Waals surface area contributed by atoms with Crippen molar-refractivity contribution in [2.75, 3.05) is 13.1 Å². The highest BCUT2D eigenvalue weighted by Crippen LogP contribution is 2.22. The summed E-state index contributed by atoms with van der Waals surface area (Å²) in [4.78, 5) is 13.5. The minimum Gasteiger partial charge on any atom is -0.445 e. The number of hydrogen-bond acceptors (Lipinski definition) is 3. The third-order valence-electron chi connectivity index (χ3n) is 3.65. The number of aliphatic hydroxyl groups excluding tert-OH is 1. The van der Waals surface area contributed by atoms with Crippen LogP contribution in [0, 0.1) is 5.92 Å². The van der Waals surface area contributed by atoms with Gasteiger partial charge in [0.25, 0.3) is 0 Å². The Kier molecular flexibility index (Phi) is 5.18. The number of hydrogen-bond donors (Lipinski definition) is 1. The molecule has 2 unspecified atom stereocenters. The molecule has 1 aromatic rings. The van der Waals surface area contributed by atoms with Crippen molar-refractivity contribution < 1.29 is 14.6 Å². The summed E-state index contributed by atoms with van der Waals surface area (Å²) < 4.78 is 5.27. The van der Waals surface area contributed by atoms with Crippen LogP contribution in [0.15, 0.2) is 43.0 Å². The molecular formula is C16H21NO3. The van der Waals surface area contributed by atoms with Crippen LogP contribution in [-0.4, -0.2) is 35.3 Å². The van der Waals surface area contributed by atoms with Crippen molar-refractivity contribution in [1.29, 1.82) is 0 Å². The summed E-state index contributed by atoms with van der Waals surface area (Å²) >= 11 is 0. The maximum absolute atomic E-state index is 12.0. The number of allylic oxidation sites excluding steroid dienone is 1. The van der Waals surface area contributed by atoms with Crippen LogP contribution in [0.4, 0.5) is 4.79 Å². The number of ether oxygens (including phenoxy) is 1. The van der Waals surface area contributed by atoms with E-state index in [9.17, 15) is 9.90 Å². The van der Waals surface area contributed by atoms with E-state index in [1.165, 1.54) is 0 Å². The molecular weight excluding hydrogens is 254 g/mol. The Morgan fingerprint density at radius 2 is 2.20 bits per heavy atom. The third-order valence-corrected chi connectivity index (χ3v) is 3.65. The number of carbonyl (C=O) groups is 1. The average molecular weight is 275 g/mol. The summed E-state index contributed by atoms with van der Waals surface area (Å²) in [6.45, 7) is 4.92. The van der Waals surface area contributed by atoms with Crippen LogP contribution < -0.4 is 0 Å². The zero-order chi connectivity index (χ0) is 14.4. The second-order valence-electron chi connectivity index (χ2n) is 5.13. The standard InChI is InChI=1S/C16H21NO3/c1-2-6-14-9-10-17(11-15(14)18)16(19)20-12-13-7-4-3-5-8-13/h2-5,7-8,14-15,18H,1,6,9-12H2. The molecule has 0 aromatic heterocycles. The van der Waals surface area contributed by atoms with Crippen molar-refractivity contribution in [2.24, 2.45) is 5.92 Å². The number of benzene rings is 1. The molecule has 0 spiro atoms. The van der Waals surface area contributed by atoms with E-state index < -0.39 is 6.10 Å². The number of piperidine rings is 1. The van der Waals surface area contributed by atoms with Gasteiger partial charge in [-0.1, -0.05) is 36.4 Å². The summed E-state index contributed by atoms with van der Waals surface area (Å²) in [5.41, 5.74) is 0.961. The maximum Gasteiger partial charge on any atom is 0.410 e. The summed E-state index contributed by atoms with van der Waals surface area (Å²) in [5.74, 6) is 0.200. The molecule has 1 fully saturated rings. The Morgan fingerprint density at radius 1 is 1.45 bits per heavy atom. The molecule has 2 atom stereocenters. The summed E-state index contributed by atoms with van der Waals surface area (Å²) in [6.07, 6.45) is 2.54. The molecule has 0 saturated carbocycles. The highest BCUT2D eigenvalue weighted by atomic mass is 16.6. The molecule has 1 saturated heterocycles. The summed E-state index contributed by atoms with van der Waals surface area (Å²) in [7, 11) is 0. The van der Waals surface area contributed by atoms with Gasteiger partial charge in [-0.25, -0.2) is 4.79 Å². The van der Waals surface area contributed by atoms with E-state index in [0.717, 1.165) is 18.4 Å². The molecule has 4 nitrogen and oxygen atoms in total. The first-order valence-corrected chi connectivity index (χ1v) is 6.95. The highest BCUT2D eigenvalue weighted by Gasteiger charge is 2.29. The number of β-amino-alcohol motifs (C(OH)–C–C–N with tert-alkyl or cyclic N) is 1. The number of nitrogens with zero attached hydrogens (tertiary/aromatic N) is 1. The van der Waals surface area contributed by atoms with E-state index in [2.05, 4.69) is 6.58 Å². The van der Waals surface area contributed by atoms with Crippen molar-refractivity contribution in [3.8, 4) is 0 Å². The smallest absolute Gasteiger partial charge is 0.410 e. The van der Waals surface area contributed by atoms with Crippen molar-refractivity contribution in [2.45, 2.75) is 25.6 Å². The first-order valence-electron chi connectivity index (χ1n) is 6.95. The molecule has 1 amide bonds. The SMILES string of the molecule is C=CCC1CCN(C(=O)OCc2ccccc2)CC1O. The minimum absolute atomic E-state index is 0.200. The average Bonchev–Trinajstić information content (AvgIpc) is 2.48.